The lowest BCUT2D eigenvalue weighted by molar-refractivity contribution is -0.124. The summed E-state index contributed by atoms with van der Waals surface area (Å²) in [7, 11) is 0. The van der Waals surface area contributed by atoms with Gasteiger partial charge in [0.1, 0.15) is 5.60 Å². The van der Waals surface area contributed by atoms with Crippen molar-refractivity contribution in [2.75, 3.05) is 18.4 Å². The summed E-state index contributed by atoms with van der Waals surface area (Å²) in [5, 5.41) is 8.21. The van der Waals surface area contributed by atoms with Gasteiger partial charge < -0.3 is 20.3 Å². The average molecular weight is 488 g/mol. The van der Waals surface area contributed by atoms with Gasteiger partial charge in [-0.05, 0) is 68.7 Å². The minimum atomic E-state index is -0.575. The SMILES string of the molecule is Cc1ccc(NC(=O)C2CN(C(=O)OC(C)(C)C)C2)cc1C(=O)NC(C)c1cccc2ccccc12. The molecule has 1 atom stereocenters. The molecule has 7 heteroatoms. The van der Waals surface area contributed by atoms with Gasteiger partial charge in [0, 0.05) is 24.3 Å². The number of ether oxygens (including phenoxy) is 1. The summed E-state index contributed by atoms with van der Waals surface area (Å²) < 4.78 is 5.34. The minimum Gasteiger partial charge on any atom is -0.444 e. The van der Waals surface area contributed by atoms with E-state index in [1.54, 1.807) is 12.1 Å². The first kappa shape index (κ1) is 25.2. The molecule has 3 aromatic carbocycles. The number of nitrogens with one attached hydrogen (secondary N) is 2. The van der Waals surface area contributed by atoms with Crippen LogP contribution in [0.15, 0.2) is 60.7 Å². The van der Waals surface area contributed by atoms with E-state index in [1.165, 1.54) is 4.90 Å². The molecule has 1 saturated heterocycles. The van der Waals surface area contributed by atoms with E-state index < -0.39 is 11.7 Å². The predicted molar refractivity (Wildman–Crippen MR) is 141 cm³/mol. The molecule has 0 bridgehead atoms. The molecule has 0 saturated carbocycles. The molecule has 36 heavy (non-hydrogen) atoms. The van der Waals surface area contributed by atoms with Gasteiger partial charge in [-0.3, -0.25) is 9.59 Å². The Morgan fingerprint density at radius 3 is 2.42 bits per heavy atom. The van der Waals surface area contributed by atoms with Crippen LogP contribution in [-0.4, -0.2) is 41.5 Å². The topological polar surface area (TPSA) is 87.7 Å². The minimum absolute atomic E-state index is 0.186. The first-order valence-corrected chi connectivity index (χ1v) is 12.2. The van der Waals surface area contributed by atoms with Crippen LogP contribution < -0.4 is 10.6 Å². The number of carbonyl (C=O) groups is 3. The zero-order valence-electron chi connectivity index (χ0n) is 21.4. The number of carbonyl (C=O) groups excluding carboxylic acids is 3. The van der Waals surface area contributed by atoms with Crippen LogP contribution in [0.2, 0.25) is 0 Å². The second kappa shape index (κ2) is 10.0. The summed E-state index contributed by atoms with van der Waals surface area (Å²) in [6.07, 6.45) is -0.416. The van der Waals surface area contributed by atoms with E-state index in [2.05, 4.69) is 28.8 Å². The summed E-state index contributed by atoms with van der Waals surface area (Å²) in [6, 6.07) is 19.3. The van der Waals surface area contributed by atoms with Crippen molar-refractivity contribution in [1.29, 1.82) is 0 Å². The van der Waals surface area contributed by atoms with Crippen molar-refractivity contribution in [2.24, 2.45) is 5.92 Å². The quantitative estimate of drug-likeness (QED) is 0.501. The monoisotopic (exact) mass is 487 g/mol. The van der Waals surface area contributed by atoms with E-state index in [1.807, 2.05) is 65.0 Å². The van der Waals surface area contributed by atoms with Crippen molar-refractivity contribution >= 4 is 34.4 Å². The maximum atomic E-state index is 13.2. The fraction of sp³-hybridized carbons (Fsp3) is 0.345. The number of aryl methyl sites for hydroxylation is 1. The van der Waals surface area contributed by atoms with Gasteiger partial charge in [0.05, 0.1) is 12.0 Å². The lowest BCUT2D eigenvalue weighted by Crippen LogP contribution is -2.55. The van der Waals surface area contributed by atoms with Crippen LogP contribution >= 0.6 is 0 Å². The van der Waals surface area contributed by atoms with Crippen molar-refractivity contribution in [1.82, 2.24) is 10.2 Å². The highest BCUT2D eigenvalue weighted by molar-refractivity contribution is 5.99. The first-order chi connectivity index (χ1) is 17.0. The second-order valence-electron chi connectivity index (χ2n) is 10.4. The Hall–Kier alpha value is -3.87. The molecule has 1 unspecified atom stereocenters. The molecule has 7 nitrogen and oxygen atoms in total. The lowest BCUT2D eigenvalue weighted by atomic mass is 9.98. The zero-order valence-corrected chi connectivity index (χ0v) is 21.4. The summed E-state index contributed by atoms with van der Waals surface area (Å²) in [6.45, 7) is 9.88. The number of benzene rings is 3. The Kier molecular flexibility index (Phi) is 7.02. The molecular formula is C29H33N3O4. The molecule has 1 aliphatic rings. The molecule has 0 spiro atoms. The number of rotatable bonds is 5. The summed E-state index contributed by atoms with van der Waals surface area (Å²) in [4.78, 5) is 39.5. The Balaban J connectivity index is 1.39. The van der Waals surface area contributed by atoms with Crippen LogP contribution in [0.3, 0.4) is 0 Å². The standard InChI is InChI=1S/C29H33N3O4/c1-18-13-14-22(31-26(33)21-16-32(17-21)28(35)36-29(3,4)5)15-25(18)27(34)30-19(2)23-12-8-10-20-9-6-7-11-24(20)23/h6-15,19,21H,16-17H2,1-5H3,(H,30,34)(H,31,33). The zero-order chi connectivity index (χ0) is 26.0. The van der Waals surface area contributed by atoms with Crippen LogP contribution in [0.5, 0.6) is 0 Å². The van der Waals surface area contributed by atoms with Gasteiger partial charge in [-0.2, -0.15) is 0 Å². The third-order valence-electron chi connectivity index (χ3n) is 6.29. The summed E-state index contributed by atoms with van der Waals surface area (Å²) in [5.74, 6) is -0.708. The highest BCUT2D eigenvalue weighted by atomic mass is 16.6. The molecule has 0 radical (unpaired) electrons. The van der Waals surface area contributed by atoms with Gasteiger partial charge in [-0.1, -0.05) is 48.5 Å². The lowest BCUT2D eigenvalue weighted by Gasteiger charge is -2.38. The maximum absolute atomic E-state index is 13.2. The Morgan fingerprint density at radius 2 is 1.69 bits per heavy atom. The third kappa shape index (κ3) is 5.67. The van der Waals surface area contributed by atoms with Gasteiger partial charge in [-0.25, -0.2) is 4.79 Å². The Labute approximate surface area is 211 Å². The van der Waals surface area contributed by atoms with Gasteiger partial charge in [0.2, 0.25) is 5.91 Å². The van der Waals surface area contributed by atoms with Crippen molar-refractivity contribution < 1.29 is 19.1 Å². The highest BCUT2D eigenvalue weighted by Gasteiger charge is 2.38. The molecular weight excluding hydrogens is 454 g/mol. The van der Waals surface area contributed by atoms with Gasteiger partial charge in [-0.15, -0.1) is 0 Å². The number of anilines is 1. The summed E-state index contributed by atoms with van der Waals surface area (Å²) >= 11 is 0. The van der Waals surface area contributed by atoms with Crippen LogP contribution in [0, 0.1) is 12.8 Å². The second-order valence-corrected chi connectivity index (χ2v) is 10.4. The normalized spacial score (nSPS) is 14.6. The van der Waals surface area contributed by atoms with Crippen molar-refractivity contribution in [2.45, 2.75) is 46.3 Å². The predicted octanol–water partition coefficient (Wildman–Crippen LogP) is 5.44. The fourth-order valence-corrected chi connectivity index (χ4v) is 4.29. The maximum Gasteiger partial charge on any atom is 0.410 e. The number of amides is 3. The number of hydrogen-bond donors (Lipinski definition) is 2. The number of nitrogens with zero attached hydrogens (tertiary/aromatic N) is 1. The van der Waals surface area contributed by atoms with Crippen LogP contribution in [0.25, 0.3) is 10.8 Å². The molecule has 1 fully saturated rings. The Bertz CT molecular complexity index is 1300. The molecule has 3 aromatic rings. The number of hydrogen-bond acceptors (Lipinski definition) is 4. The Morgan fingerprint density at radius 1 is 1.00 bits per heavy atom. The van der Waals surface area contributed by atoms with E-state index >= 15 is 0 Å². The van der Waals surface area contributed by atoms with Gasteiger partial charge >= 0.3 is 6.09 Å². The molecule has 3 amide bonds. The van der Waals surface area contributed by atoms with Crippen molar-refractivity contribution in [3.05, 3.63) is 77.4 Å². The van der Waals surface area contributed by atoms with E-state index in [-0.39, 0.29) is 23.8 Å². The number of fused-ring (bicyclic) bond motifs is 1. The smallest absolute Gasteiger partial charge is 0.410 e. The molecule has 1 heterocycles. The van der Waals surface area contributed by atoms with E-state index in [0.717, 1.165) is 21.9 Å². The van der Waals surface area contributed by atoms with Crippen LogP contribution in [0.4, 0.5) is 10.5 Å². The number of likely N-dealkylation sites (tertiary alicyclic amines) is 1. The average Bonchev–Trinajstić information content (AvgIpc) is 2.77. The molecule has 4 rings (SSSR count). The molecule has 1 aliphatic heterocycles. The third-order valence-corrected chi connectivity index (χ3v) is 6.29. The van der Waals surface area contributed by atoms with E-state index in [0.29, 0.717) is 24.3 Å². The molecule has 0 aromatic heterocycles. The largest absolute Gasteiger partial charge is 0.444 e. The van der Waals surface area contributed by atoms with Crippen LogP contribution in [-0.2, 0) is 9.53 Å². The van der Waals surface area contributed by atoms with Crippen molar-refractivity contribution in [3.63, 3.8) is 0 Å². The van der Waals surface area contributed by atoms with E-state index in [9.17, 15) is 14.4 Å². The molecule has 188 valence electrons. The summed E-state index contributed by atoms with van der Waals surface area (Å²) in [5.41, 5.74) is 2.33. The van der Waals surface area contributed by atoms with Crippen molar-refractivity contribution in [3.8, 4) is 0 Å². The first-order valence-electron chi connectivity index (χ1n) is 12.2. The van der Waals surface area contributed by atoms with Gasteiger partial charge in [0.25, 0.3) is 5.91 Å². The van der Waals surface area contributed by atoms with Gasteiger partial charge in [0.15, 0.2) is 0 Å². The molecule has 2 N–H and O–H groups in total. The van der Waals surface area contributed by atoms with Crippen LogP contribution in [0.1, 0.15) is 55.2 Å². The molecule has 0 aliphatic carbocycles. The highest BCUT2D eigenvalue weighted by Crippen LogP contribution is 2.26. The van der Waals surface area contributed by atoms with E-state index in [4.69, 9.17) is 4.74 Å². The fourth-order valence-electron chi connectivity index (χ4n) is 4.29.